The van der Waals surface area contributed by atoms with E-state index in [1.807, 2.05) is 0 Å². The molecule has 1 amide bonds. The molecule has 1 heterocycles. The van der Waals surface area contributed by atoms with Gasteiger partial charge in [0.2, 0.25) is 15.9 Å². The number of carbonyl (C=O) groups is 1. The molecule has 0 aromatic heterocycles. The second kappa shape index (κ2) is 9.82. The Morgan fingerprint density at radius 3 is 2.75 bits per heavy atom. The smallest absolute Gasteiger partial charge is 0.387 e. The van der Waals surface area contributed by atoms with Gasteiger partial charge in [-0.15, -0.1) is 0 Å². The molecule has 1 aromatic rings. The first-order valence-corrected chi connectivity index (χ1v) is 10.7. The molecule has 0 aliphatic carbocycles. The van der Waals surface area contributed by atoms with Crippen LogP contribution in [0, 0.1) is 0 Å². The predicted octanol–water partition coefficient (Wildman–Crippen LogP) is 2.16. The number of carbonyl (C=O) groups excluding carboxylic acids is 1. The SMILES string of the molecule is CN(C)C(=O)C1CCCN1CCCNS(=O)(=O)c1ccc(OC(F)F)c(Cl)c1. The fourth-order valence-electron chi connectivity index (χ4n) is 3.08. The first-order chi connectivity index (χ1) is 13.1. The highest BCUT2D eigenvalue weighted by molar-refractivity contribution is 7.89. The van der Waals surface area contributed by atoms with E-state index in [0.717, 1.165) is 37.6 Å². The summed E-state index contributed by atoms with van der Waals surface area (Å²) in [5, 5.41) is -0.217. The van der Waals surface area contributed by atoms with Gasteiger partial charge in [0.15, 0.2) is 0 Å². The molecule has 158 valence electrons. The second-order valence-electron chi connectivity index (χ2n) is 6.65. The van der Waals surface area contributed by atoms with Crippen molar-refractivity contribution in [2.45, 2.75) is 36.8 Å². The lowest BCUT2D eigenvalue weighted by molar-refractivity contribution is -0.133. The summed E-state index contributed by atoms with van der Waals surface area (Å²) in [6.07, 6.45) is 2.26. The zero-order valence-corrected chi connectivity index (χ0v) is 17.3. The van der Waals surface area contributed by atoms with Crippen LogP contribution in [0.1, 0.15) is 19.3 Å². The number of nitrogens with one attached hydrogen (secondary N) is 1. The van der Waals surface area contributed by atoms with E-state index in [-0.39, 0.29) is 34.2 Å². The molecule has 0 radical (unpaired) electrons. The molecule has 0 saturated carbocycles. The Balaban J connectivity index is 1.88. The number of alkyl halides is 2. The van der Waals surface area contributed by atoms with Crippen molar-refractivity contribution in [3.8, 4) is 5.75 Å². The van der Waals surface area contributed by atoms with Gasteiger partial charge in [-0.05, 0) is 44.0 Å². The summed E-state index contributed by atoms with van der Waals surface area (Å²) in [6, 6.07) is 3.14. The highest BCUT2D eigenvalue weighted by Crippen LogP contribution is 2.28. The van der Waals surface area contributed by atoms with Crippen LogP contribution in [0.15, 0.2) is 23.1 Å². The zero-order chi connectivity index (χ0) is 20.9. The average Bonchev–Trinajstić information content (AvgIpc) is 3.07. The summed E-state index contributed by atoms with van der Waals surface area (Å²) in [6.45, 7) is -1.48. The number of sulfonamides is 1. The molecule has 2 rings (SSSR count). The maximum Gasteiger partial charge on any atom is 0.387 e. The molecule has 1 unspecified atom stereocenters. The highest BCUT2D eigenvalue weighted by atomic mass is 35.5. The van der Waals surface area contributed by atoms with Gasteiger partial charge in [0.25, 0.3) is 0 Å². The number of likely N-dealkylation sites (N-methyl/N-ethyl adjacent to an activating group) is 1. The van der Waals surface area contributed by atoms with Crippen LogP contribution in [0.2, 0.25) is 5.02 Å². The quantitative estimate of drug-likeness (QED) is 0.596. The maximum absolute atomic E-state index is 12.3. The summed E-state index contributed by atoms with van der Waals surface area (Å²) in [5.41, 5.74) is 0. The Labute approximate surface area is 168 Å². The van der Waals surface area contributed by atoms with Crippen molar-refractivity contribution in [1.29, 1.82) is 0 Å². The van der Waals surface area contributed by atoms with Crippen LogP contribution in [0.25, 0.3) is 0 Å². The third kappa shape index (κ3) is 6.00. The van der Waals surface area contributed by atoms with Gasteiger partial charge in [-0.2, -0.15) is 8.78 Å². The molecule has 7 nitrogen and oxygen atoms in total. The molecule has 1 atom stereocenters. The second-order valence-corrected chi connectivity index (χ2v) is 8.82. The number of hydrogen-bond donors (Lipinski definition) is 1. The molecule has 1 fully saturated rings. The Bertz CT molecular complexity index is 793. The van der Waals surface area contributed by atoms with E-state index in [1.54, 1.807) is 19.0 Å². The molecule has 1 aromatic carbocycles. The van der Waals surface area contributed by atoms with E-state index >= 15 is 0 Å². The topological polar surface area (TPSA) is 79.0 Å². The summed E-state index contributed by atoms with van der Waals surface area (Å²) in [4.78, 5) is 15.6. The molecule has 1 N–H and O–H groups in total. The van der Waals surface area contributed by atoms with Crippen molar-refractivity contribution in [3.05, 3.63) is 23.2 Å². The van der Waals surface area contributed by atoms with Crippen molar-refractivity contribution < 1.29 is 26.7 Å². The predicted molar refractivity (Wildman–Crippen MR) is 101 cm³/mol. The van der Waals surface area contributed by atoms with Crippen LogP contribution < -0.4 is 9.46 Å². The van der Waals surface area contributed by atoms with Gasteiger partial charge in [0.1, 0.15) is 5.75 Å². The van der Waals surface area contributed by atoms with Gasteiger partial charge in [-0.25, -0.2) is 13.1 Å². The van der Waals surface area contributed by atoms with Crippen LogP contribution in [-0.2, 0) is 14.8 Å². The summed E-state index contributed by atoms with van der Waals surface area (Å²) < 4.78 is 55.8. The molecule has 0 bridgehead atoms. The van der Waals surface area contributed by atoms with E-state index in [1.165, 1.54) is 0 Å². The largest absolute Gasteiger partial charge is 0.433 e. The van der Waals surface area contributed by atoms with E-state index in [9.17, 15) is 22.0 Å². The maximum atomic E-state index is 12.3. The third-order valence-electron chi connectivity index (χ3n) is 4.43. The molecule has 1 aliphatic heterocycles. The Kier molecular flexibility index (Phi) is 7.99. The Morgan fingerprint density at radius 2 is 2.14 bits per heavy atom. The van der Waals surface area contributed by atoms with Gasteiger partial charge in [0.05, 0.1) is 16.0 Å². The average molecular weight is 440 g/mol. The number of nitrogens with zero attached hydrogens (tertiary/aromatic N) is 2. The minimum Gasteiger partial charge on any atom is -0.433 e. The minimum atomic E-state index is -3.84. The fourth-order valence-corrected chi connectivity index (χ4v) is 4.47. The normalized spacial score (nSPS) is 17.9. The van der Waals surface area contributed by atoms with Crippen molar-refractivity contribution in [2.24, 2.45) is 0 Å². The lowest BCUT2D eigenvalue weighted by Crippen LogP contribution is -2.43. The van der Waals surface area contributed by atoms with Gasteiger partial charge in [0, 0.05) is 27.2 Å². The summed E-state index contributed by atoms with van der Waals surface area (Å²) in [5.74, 6) is -0.236. The number of likely N-dealkylation sites (tertiary alicyclic amines) is 1. The first-order valence-electron chi connectivity index (χ1n) is 8.81. The number of rotatable bonds is 9. The van der Waals surface area contributed by atoms with E-state index in [4.69, 9.17) is 11.6 Å². The molecule has 28 heavy (non-hydrogen) atoms. The lowest BCUT2D eigenvalue weighted by atomic mass is 10.2. The van der Waals surface area contributed by atoms with Crippen LogP contribution >= 0.6 is 11.6 Å². The van der Waals surface area contributed by atoms with E-state index < -0.39 is 16.6 Å². The molecule has 1 aliphatic rings. The van der Waals surface area contributed by atoms with E-state index in [0.29, 0.717) is 13.0 Å². The fraction of sp³-hybridized carbons (Fsp3) is 0.588. The number of amides is 1. The summed E-state index contributed by atoms with van der Waals surface area (Å²) >= 11 is 5.81. The van der Waals surface area contributed by atoms with Gasteiger partial charge in [-0.1, -0.05) is 11.6 Å². The van der Waals surface area contributed by atoms with E-state index in [2.05, 4.69) is 14.4 Å². The molecule has 0 spiro atoms. The van der Waals surface area contributed by atoms with Gasteiger partial charge in [-0.3, -0.25) is 9.69 Å². The number of hydrogen-bond acceptors (Lipinski definition) is 5. The van der Waals surface area contributed by atoms with Crippen LogP contribution in [0.3, 0.4) is 0 Å². The van der Waals surface area contributed by atoms with Crippen molar-refractivity contribution >= 4 is 27.5 Å². The highest BCUT2D eigenvalue weighted by Gasteiger charge is 2.31. The van der Waals surface area contributed by atoms with Crippen LogP contribution in [0.4, 0.5) is 8.78 Å². The number of ether oxygens (including phenoxy) is 1. The van der Waals surface area contributed by atoms with Crippen molar-refractivity contribution in [3.63, 3.8) is 0 Å². The first kappa shape index (κ1) is 22.8. The minimum absolute atomic E-state index is 0.0545. The van der Waals surface area contributed by atoms with Crippen LogP contribution in [0.5, 0.6) is 5.75 Å². The standard InChI is InChI=1S/C17H24ClF2N3O4S/c1-22(2)16(24)14-5-3-9-23(14)10-4-8-21-28(25,26)12-6-7-15(13(18)11-12)27-17(19)20/h6-7,11,14,17,21H,3-5,8-10H2,1-2H3. The number of halogens is 3. The summed E-state index contributed by atoms with van der Waals surface area (Å²) in [7, 11) is -0.402. The molecule has 11 heteroatoms. The molecular formula is C17H24ClF2N3O4S. The molecular weight excluding hydrogens is 416 g/mol. The van der Waals surface area contributed by atoms with Crippen molar-refractivity contribution in [2.75, 3.05) is 33.7 Å². The Morgan fingerprint density at radius 1 is 1.43 bits per heavy atom. The van der Waals surface area contributed by atoms with Crippen LogP contribution in [-0.4, -0.2) is 70.5 Å². The van der Waals surface area contributed by atoms with Crippen molar-refractivity contribution in [1.82, 2.24) is 14.5 Å². The lowest BCUT2D eigenvalue weighted by Gasteiger charge is -2.26. The third-order valence-corrected chi connectivity index (χ3v) is 6.19. The van der Waals surface area contributed by atoms with Gasteiger partial charge >= 0.3 is 6.61 Å². The number of benzene rings is 1. The zero-order valence-electron chi connectivity index (χ0n) is 15.7. The monoisotopic (exact) mass is 439 g/mol. The van der Waals surface area contributed by atoms with Gasteiger partial charge < -0.3 is 9.64 Å². The molecule has 1 saturated heterocycles. The Hall–Kier alpha value is -1.49.